The van der Waals surface area contributed by atoms with Gasteiger partial charge in [-0.15, -0.1) is 0 Å². The summed E-state index contributed by atoms with van der Waals surface area (Å²) in [7, 11) is 1.60. The maximum atomic E-state index is 13.2. The third-order valence-electron chi connectivity index (χ3n) is 5.83. The molecule has 1 fully saturated rings. The molecule has 0 saturated heterocycles. The number of benzene rings is 2. The third kappa shape index (κ3) is 5.26. The summed E-state index contributed by atoms with van der Waals surface area (Å²) in [6, 6.07) is 14.1. The minimum atomic E-state index is -1.10. The lowest BCUT2D eigenvalue weighted by atomic mass is 9.68. The quantitative estimate of drug-likeness (QED) is 0.445. The Bertz CT molecular complexity index is 969. The van der Waals surface area contributed by atoms with Crippen molar-refractivity contribution in [1.29, 1.82) is 0 Å². The van der Waals surface area contributed by atoms with Crippen molar-refractivity contribution < 1.29 is 19.4 Å². The molecule has 1 unspecified atom stereocenters. The summed E-state index contributed by atoms with van der Waals surface area (Å²) in [6.45, 7) is 1.75. The zero-order valence-electron chi connectivity index (χ0n) is 17.5. The molecule has 1 aliphatic carbocycles. The highest BCUT2D eigenvalue weighted by atomic mass is 16.5. The fourth-order valence-electron chi connectivity index (χ4n) is 3.68. The van der Waals surface area contributed by atoms with Gasteiger partial charge in [0.15, 0.2) is 11.6 Å². The molecule has 0 aliphatic heterocycles. The van der Waals surface area contributed by atoms with Crippen LogP contribution in [-0.2, 0) is 9.59 Å². The molecule has 1 N–H and O–H groups in total. The maximum Gasteiger partial charge on any atom is 0.169 e. The van der Waals surface area contributed by atoms with E-state index in [0.717, 1.165) is 24.8 Å². The van der Waals surface area contributed by atoms with Crippen LogP contribution >= 0.6 is 0 Å². The number of carbonyl (C=O) groups is 2. The molecule has 0 aromatic heterocycles. The summed E-state index contributed by atoms with van der Waals surface area (Å²) in [5.74, 6) is 0.856. The van der Waals surface area contributed by atoms with Crippen LogP contribution in [0.2, 0.25) is 0 Å². The highest BCUT2D eigenvalue weighted by Gasteiger charge is 2.41. The lowest BCUT2D eigenvalue weighted by molar-refractivity contribution is -0.135. The predicted molar refractivity (Wildman–Crippen MR) is 119 cm³/mol. The standard InChI is InChI=1S/C26H28O4/c1-26(18-21-8-3-9-21,24(28)14-12-19-6-4-10-22(27)16-19)25(29)15-13-20-7-5-11-23(17-20)30-2/h4-7,10-17,21,27H,3,8-9,18H2,1-2H3. The Balaban J connectivity index is 1.81. The second-order valence-electron chi connectivity index (χ2n) is 8.10. The van der Waals surface area contributed by atoms with E-state index >= 15 is 0 Å². The summed E-state index contributed by atoms with van der Waals surface area (Å²) in [4.78, 5) is 26.3. The summed E-state index contributed by atoms with van der Waals surface area (Å²) < 4.78 is 5.22. The lowest BCUT2D eigenvalue weighted by Gasteiger charge is -2.33. The first-order valence-corrected chi connectivity index (χ1v) is 10.3. The average molecular weight is 405 g/mol. The molecular formula is C26H28O4. The van der Waals surface area contributed by atoms with Crippen LogP contribution < -0.4 is 4.74 Å². The van der Waals surface area contributed by atoms with Gasteiger partial charge in [0.05, 0.1) is 12.5 Å². The second-order valence-corrected chi connectivity index (χ2v) is 8.10. The van der Waals surface area contributed by atoms with Crippen molar-refractivity contribution in [3.8, 4) is 11.5 Å². The minimum Gasteiger partial charge on any atom is -0.508 e. The van der Waals surface area contributed by atoms with Crippen LogP contribution in [0, 0.1) is 11.3 Å². The number of methoxy groups -OCH3 is 1. The van der Waals surface area contributed by atoms with Gasteiger partial charge in [0.25, 0.3) is 0 Å². The van der Waals surface area contributed by atoms with Gasteiger partial charge in [-0.3, -0.25) is 9.59 Å². The highest BCUT2D eigenvalue weighted by Crippen LogP contribution is 2.39. The van der Waals surface area contributed by atoms with Crippen molar-refractivity contribution in [2.45, 2.75) is 32.6 Å². The monoisotopic (exact) mass is 404 g/mol. The summed E-state index contributed by atoms with van der Waals surface area (Å²) >= 11 is 0. The molecule has 3 rings (SSSR count). The average Bonchev–Trinajstić information content (AvgIpc) is 2.72. The fourth-order valence-corrected chi connectivity index (χ4v) is 3.68. The van der Waals surface area contributed by atoms with Gasteiger partial charge in [-0.1, -0.05) is 55.7 Å². The number of ketones is 2. The van der Waals surface area contributed by atoms with Gasteiger partial charge in [-0.05, 0) is 66.8 Å². The number of phenolic OH excluding ortho intramolecular Hbond substituents is 1. The zero-order chi connectivity index (χ0) is 21.6. The van der Waals surface area contributed by atoms with Gasteiger partial charge in [0.1, 0.15) is 11.5 Å². The van der Waals surface area contributed by atoms with Crippen molar-refractivity contribution in [3.63, 3.8) is 0 Å². The smallest absolute Gasteiger partial charge is 0.169 e. The maximum absolute atomic E-state index is 13.2. The van der Waals surface area contributed by atoms with Crippen LogP contribution in [0.3, 0.4) is 0 Å². The molecule has 4 nitrogen and oxygen atoms in total. The second kappa shape index (κ2) is 9.57. The Morgan fingerprint density at radius 3 is 2.17 bits per heavy atom. The molecule has 1 aliphatic rings. The molecule has 156 valence electrons. The molecule has 4 heteroatoms. The third-order valence-corrected chi connectivity index (χ3v) is 5.83. The van der Waals surface area contributed by atoms with Crippen LogP contribution in [0.1, 0.15) is 43.7 Å². The number of hydrogen-bond donors (Lipinski definition) is 1. The molecule has 0 heterocycles. The van der Waals surface area contributed by atoms with E-state index in [1.165, 1.54) is 12.2 Å². The van der Waals surface area contributed by atoms with Gasteiger partial charge < -0.3 is 9.84 Å². The van der Waals surface area contributed by atoms with E-state index in [1.807, 2.05) is 24.3 Å². The van der Waals surface area contributed by atoms with E-state index in [-0.39, 0.29) is 17.3 Å². The number of carbonyl (C=O) groups excluding carboxylic acids is 2. The van der Waals surface area contributed by atoms with Gasteiger partial charge >= 0.3 is 0 Å². The zero-order valence-corrected chi connectivity index (χ0v) is 17.5. The number of allylic oxidation sites excluding steroid dienone is 2. The number of ether oxygens (including phenoxy) is 1. The molecule has 0 spiro atoms. The molecule has 1 atom stereocenters. The Morgan fingerprint density at radius 2 is 1.63 bits per heavy atom. The molecule has 0 bridgehead atoms. The summed E-state index contributed by atoms with van der Waals surface area (Å²) in [5.41, 5.74) is 0.457. The van der Waals surface area contributed by atoms with Crippen molar-refractivity contribution in [1.82, 2.24) is 0 Å². The van der Waals surface area contributed by atoms with Crippen LogP contribution in [0.25, 0.3) is 12.2 Å². The van der Waals surface area contributed by atoms with E-state index in [2.05, 4.69) is 0 Å². The lowest BCUT2D eigenvalue weighted by Crippen LogP contribution is -2.37. The Labute approximate surface area is 177 Å². The van der Waals surface area contributed by atoms with E-state index in [0.29, 0.717) is 23.7 Å². The molecule has 30 heavy (non-hydrogen) atoms. The van der Waals surface area contributed by atoms with Gasteiger partial charge in [-0.2, -0.15) is 0 Å². The normalized spacial score (nSPS) is 16.3. The number of aromatic hydroxyl groups is 1. The van der Waals surface area contributed by atoms with Crippen molar-refractivity contribution in [2.24, 2.45) is 11.3 Å². The van der Waals surface area contributed by atoms with Gasteiger partial charge in [0.2, 0.25) is 0 Å². The first-order valence-electron chi connectivity index (χ1n) is 10.3. The largest absolute Gasteiger partial charge is 0.508 e. The summed E-state index contributed by atoms with van der Waals surface area (Å²) in [6.07, 6.45) is 10.2. The SMILES string of the molecule is COc1cccc(C=CC(=O)C(C)(CC2CCC2)C(=O)C=Cc2cccc(O)c2)c1. The molecule has 1 saturated carbocycles. The van der Waals surface area contributed by atoms with Crippen molar-refractivity contribution in [3.05, 3.63) is 71.8 Å². The van der Waals surface area contributed by atoms with Crippen LogP contribution in [0.4, 0.5) is 0 Å². The van der Waals surface area contributed by atoms with Crippen LogP contribution in [0.5, 0.6) is 11.5 Å². The van der Waals surface area contributed by atoms with Crippen molar-refractivity contribution >= 4 is 23.7 Å². The number of phenols is 1. The first kappa shape index (κ1) is 21.6. The highest BCUT2D eigenvalue weighted by molar-refractivity contribution is 6.17. The topological polar surface area (TPSA) is 63.6 Å². The van der Waals surface area contributed by atoms with E-state index in [1.54, 1.807) is 50.5 Å². The van der Waals surface area contributed by atoms with Crippen LogP contribution in [0.15, 0.2) is 60.7 Å². The molecular weight excluding hydrogens is 376 g/mol. The summed E-state index contributed by atoms with van der Waals surface area (Å²) in [5, 5.41) is 9.61. The van der Waals surface area contributed by atoms with Crippen molar-refractivity contribution in [2.75, 3.05) is 7.11 Å². The number of hydrogen-bond acceptors (Lipinski definition) is 4. The van der Waals surface area contributed by atoms with E-state index in [9.17, 15) is 14.7 Å². The molecule has 0 radical (unpaired) electrons. The number of rotatable bonds is 9. The molecule has 2 aromatic carbocycles. The minimum absolute atomic E-state index is 0.138. The Morgan fingerprint density at radius 1 is 1.03 bits per heavy atom. The fraction of sp³-hybridized carbons (Fsp3) is 0.308. The van der Waals surface area contributed by atoms with E-state index in [4.69, 9.17) is 4.74 Å². The Kier molecular flexibility index (Phi) is 6.88. The van der Waals surface area contributed by atoms with E-state index < -0.39 is 5.41 Å². The first-order chi connectivity index (χ1) is 14.4. The van der Waals surface area contributed by atoms with Crippen LogP contribution in [-0.4, -0.2) is 23.8 Å². The predicted octanol–water partition coefficient (Wildman–Crippen LogP) is 5.46. The Hall–Kier alpha value is -3.14. The van der Waals surface area contributed by atoms with Gasteiger partial charge in [-0.25, -0.2) is 0 Å². The van der Waals surface area contributed by atoms with Gasteiger partial charge in [0, 0.05) is 0 Å². The molecule has 2 aromatic rings. The molecule has 0 amide bonds.